The largest absolute Gasteiger partial charge is 0.492 e. The van der Waals surface area contributed by atoms with E-state index in [1.54, 1.807) is 0 Å². The second-order valence-corrected chi connectivity index (χ2v) is 6.44. The van der Waals surface area contributed by atoms with E-state index in [-0.39, 0.29) is 12.8 Å². The molecular formula is C15H20BrF3N2O. The van der Waals surface area contributed by atoms with Gasteiger partial charge in [-0.1, -0.05) is 15.9 Å². The lowest BCUT2D eigenvalue weighted by atomic mass is 9.96. The van der Waals surface area contributed by atoms with Crippen LogP contribution in [0, 0.1) is 5.92 Å². The maximum absolute atomic E-state index is 12.7. The minimum atomic E-state index is -4.06. The molecule has 1 saturated heterocycles. The van der Waals surface area contributed by atoms with Crippen molar-refractivity contribution in [2.24, 2.45) is 11.7 Å². The van der Waals surface area contributed by atoms with Gasteiger partial charge < -0.3 is 10.5 Å². The summed E-state index contributed by atoms with van der Waals surface area (Å²) in [6, 6.07) is 5.73. The van der Waals surface area contributed by atoms with Crippen molar-refractivity contribution in [2.75, 3.05) is 26.2 Å². The number of nitrogens with zero attached hydrogens (tertiary/aromatic N) is 1. The molecule has 0 aromatic heterocycles. The van der Waals surface area contributed by atoms with Gasteiger partial charge in [-0.05, 0) is 49.7 Å². The molecule has 7 heteroatoms. The van der Waals surface area contributed by atoms with Crippen molar-refractivity contribution in [3.63, 3.8) is 0 Å². The molecule has 0 spiro atoms. The Kier molecular flexibility index (Phi) is 6.11. The maximum atomic E-state index is 12.7. The van der Waals surface area contributed by atoms with Crippen LogP contribution in [0.25, 0.3) is 0 Å². The highest BCUT2D eigenvalue weighted by atomic mass is 79.9. The number of halogens is 4. The molecular weight excluding hydrogens is 361 g/mol. The predicted molar refractivity (Wildman–Crippen MR) is 82.7 cm³/mol. The third-order valence-corrected chi connectivity index (χ3v) is 4.23. The molecule has 1 aromatic carbocycles. The summed E-state index contributed by atoms with van der Waals surface area (Å²) in [6.07, 6.45) is -3.72. The highest BCUT2D eigenvalue weighted by Crippen LogP contribution is 2.34. The normalized spacial score (nSPS) is 17.7. The fourth-order valence-electron chi connectivity index (χ4n) is 2.65. The molecule has 0 unspecified atom stereocenters. The predicted octanol–water partition coefficient (Wildman–Crippen LogP) is 3.56. The van der Waals surface area contributed by atoms with Crippen molar-refractivity contribution >= 4 is 15.9 Å². The molecule has 2 N–H and O–H groups in total. The van der Waals surface area contributed by atoms with Gasteiger partial charge in [0, 0.05) is 17.6 Å². The van der Waals surface area contributed by atoms with E-state index in [4.69, 9.17) is 10.5 Å². The number of alkyl halides is 3. The standard InChI is InChI=1S/C15H20BrF3N2O/c16-13-7-11(8-14(9-13)22-6-3-20)10-21-4-1-12(2-5-21)15(17,18)19/h7-9,12H,1-6,10,20H2. The Hall–Kier alpha value is -0.790. The quantitative estimate of drug-likeness (QED) is 0.848. The topological polar surface area (TPSA) is 38.5 Å². The van der Waals surface area contributed by atoms with Crippen LogP contribution in [0.4, 0.5) is 13.2 Å². The summed E-state index contributed by atoms with van der Waals surface area (Å²) in [6.45, 7) is 2.44. The number of benzene rings is 1. The van der Waals surface area contributed by atoms with Gasteiger partial charge in [0.2, 0.25) is 0 Å². The van der Waals surface area contributed by atoms with Gasteiger partial charge in [-0.3, -0.25) is 4.90 Å². The summed E-state index contributed by atoms with van der Waals surface area (Å²) < 4.78 is 44.4. The van der Waals surface area contributed by atoms with E-state index in [9.17, 15) is 13.2 Å². The fourth-order valence-corrected chi connectivity index (χ4v) is 3.17. The van der Waals surface area contributed by atoms with Gasteiger partial charge in [0.15, 0.2) is 0 Å². The highest BCUT2D eigenvalue weighted by molar-refractivity contribution is 9.10. The molecule has 0 aliphatic carbocycles. The Balaban J connectivity index is 1.93. The van der Waals surface area contributed by atoms with Crippen molar-refractivity contribution in [3.8, 4) is 5.75 Å². The molecule has 1 aliphatic heterocycles. The molecule has 2 rings (SSSR count). The van der Waals surface area contributed by atoms with Gasteiger partial charge in [-0.25, -0.2) is 0 Å². The zero-order valence-electron chi connectivity index (χ0n) is 12.2. The Morgan fingerprint density at radius 1 is 1.23 bits per heavy atom. The molecule has 1 aromatic rings. The number of nitrogens with two attached hydrogens (primary N) is 1. The number of hydrogen-bond acceptors (Lipinski definition) is 3. The minimum absolute atomic E-state index is 0.175. The molecule has 1 aliphatic rings. The average Bonchev–Trinajstić information content (AvgIpc) is 2.44. The van der Waals surface area contributed by atoms with Crippen molar-refractivity contribution in [2.45, 2.75) is 25.6 Å². The van der Waals surface area contributed by atoms with Crippen LogP contribution in [0.1, 0.15) is 18.4 Å². The van der Waals surface area contributed by atoms with Crippen molar-refractivity contribution in [1.82, 2.24) is 4.90 Å². The summed E-state index contributed by atoms with van der Waals surface area (Å²) in [4.78, 5) is 2.05. The van der Waals surface area contributed by atoms with Crippen molar-refractivity contribution in [1.29, 1.82) is 0 Å². The molecule has 0 bridgehead atoms. The fraction of sp³-hybridized carbons (Fsp3) is 0.600. The van der Waals surface area contributed by atoms with Gasteiger partial charge in [0.05, 0.1) is 5.92 Å². The monoisotopic (exact) mass is 380 g/mol. The van der Waals surface area contributed by atoms with E-state index in [1.165, 1.54) is 0 Å². The Labute approximate surface area is 136 Å². The molecule has 22 heavy (non-hydrogen) atoms. The molecule has 0 saturated carbocycles. The molecule has 1 fully saturated rings. The first-order valence-electron chi connectivity index (χ1n) is 7.30. The van der Waals surface area contributed by atoms with Crippen LogP contribution in [-0.4, -0.2) is 37.3 Å². The molecule has 3 nitrogen and oxygen atoms in total. The van der Waals surface area contributed by atoms with Crippen LogP contribution >= 0.6 is 15.9 Å². The zero-order chi connectivity index (χ0) is 16.2. The lowest BCUT2D eigenvalue weighted by Crippen LogP contribution is -2.38. The first-order valence-corrected chi connectivity index (χ1v) is 8.09. The van der Waals surface area contributed by atoms with Gasteiger partial charge in [0.1, 0.15) is 12.4 Å². The Morgan fingerprint density at radius 2 is 1.91 bits per heavy atom. The number of piperidine rings is 1. The molecule has 1 heterocycles. The first kappa shape index (κ1) is 17.6. The molecule has 0 radical (unpaired) electrons. The van der Waals surface area contributed by atoms with Gasteiger partial charge in [-0.15, -0.1) is 0 Å². The summed E-state index contributed by atoms with van der Waals surface area (Å²) in [5.41, 5.74) is 6.43. The van der Waals surface area contributed by atoms with E-state index >= 15 is 0 Å². The Morgan fingerprint density at radius 3 is 2.50 bits per heavy atom. The van der Waals surface area contributed by atoms with Gasteiger partial charge in [0.25, 0.3) is 0 Å². The number of likely N-dealkylation sites (tertiary alicyclic amines) is 1. The van der Waals surface area contributed by atoms with Crippen molar-refractivity contribution in [3.05, 3.63) is 28.2 Å². The number of ether oxygens (including phenoxy) is 1. The number of rotatable bonds is 5. The Bertz CT molecular complexity index is 488. The van der Waals surface area contributed by atoms with E-state index in [0.717, 1.165) is 15.8 Å². The summed E-state index contributed by atoms with van der Waals surface area (Å²) in [5.74, 6) is -0.435. The third kappa shape index (κ3) is 5.14. The van der Waals surface area contributed by atoms with Crippen LogP contribution < -0.4 is 10.5 Å². The van der Waals surface area contributed by atoms with E-state index in [0.29, 0.717) is 32.8 Å². The third-order valence-electron chi connectivity index (χ3n) is 3.77. The van der Waals surface area contributed by atoms with Gasteiger partial charge in [-0.2, -0.15) is 13.2 Å². The summed E-state index contributed by atoms with van der Waals surface area (Å²) in [5, 5.41) is 0. The van der Waals surface area contributed by atoms with E-state index < -0.39 is 12.1 Å². The molecule has 0 atom stereocenters. The number of hydrogen-bond donors (Lipinski definition) is 1. The summed E-state index contributed by atoms with van der Waals surface area (Å²) in [7, 11) is 0. The van der Waals surface area contributed by atoms with Crippen molar-refractivity contribution < 1.29 is 17.9 Å². The lowest BCUT2D eigenvalue weighted by molar-refractivity contribution is -0.185. The SMILES string of the molecule is NCCOc1cc(Br)cc(CN2CCC(C(F)(F)F)CC2)c1. The summed E-state index contributed by atoms with van der Waals surface area (Å²) >= 11 is 3.43. The van der Waals surface area contributed by atoms with E-state index in [2.05, 4.69) is 20.8 Å². The lowest BCUT2D eigenvalue weighted by Gasteiger charge is -2.32. The molecule has 0 amide bonds. The van der Waals surface area contributed by atoms with Crippen LogP contribution in [-0.2, 0) is 6.54 Å². The second-order valence-electron chi connectivity index (χ2n) is 5.52. The van der Waals surface area contributed by atoms with E-state index in [1.807, 2.05) is 18.2 Å². The van der Waals surface area contributed by atoms with Crippen LogP contribution in [0.5, 0.6) is 5.75 Å². The smallest absolute Gasteiger partial charge is 0.391 e. The second kappa shape index (κ2) is 7.66. The zero-order valence-corrected chi connectivity index (χ0v) is 13.8. The first-order chi connectivity index (χ1) is 10.4. The van der Waals surface area contributed by atoms with Crippen LogP contribution in [0.2, 0.25) is 0 Å². The highest BCUT2D eigenvalue weighted by Gasteiger charge is 2.40. The average molecular weight is 381 g/mol. The molecule has 124 valence electrons. The minimum Gasteiger partial charge on any atom is -0.492 e. The van der Waals surface area contributed by atoms with Crippen LogP contribution in [0.15, 0.2) is 22.7 Å². The van der Waals surface area contributed by atoms with Gasteiger partial charge >= 0.3 is 6.18 Å². The maximum Gasteiger partial charge on any atom is 0.391 e. The van der Waals surface area contributed by atoms with Crippen LogP contribution in [0.3, 0.4) is 0 Å².